The van der Waals surface area contributed by atoms with Crippen LogP contribution in [0.1, 0.15) is 36.7 Å². The van der Waals surface area contributed by atoms with Crippen LogP contribution in [0.4, 0.5) is 0 Å². The van der Waals surface area contributed by atoms with Crippen LogP contribution in [0.2, 0.25) is 0 Å². The highest BCUT2D eigenvalue weighted by Crippen LogP contribution is 2.07. The molecule has 0 atom stereocenters. The summed E-state index contributed by atoms with van der Waals surface area (Å²) in [5.74, 6) is -0.00984. The predicted octanol–water partition coefficient (Wildman–Crippen LogP) is 1.80. The first-order valence-corrected chi connectivity index (χ1v) is 6.21. The second kappa shape index (κ2) is 6.79. The summed E-state index contributed by atoms with van der Waals surface area (Å²) in [5.41, 5.74) is 1.67. The van der Waals surface area contributed by atoms with Crippen molar-refractivity contribution in [1.29, 1.82) is 0 Å². The Kier molecular flexibility index (Phi) is 5.36. The lowest BCUT2D eigenvalue weighted by molar-refractivity contribution is -0.119. The molecule has 0 radical (unpaired) electrons. The second-order valence-corrected chi connectivity index (χ2v) is 4.08. The highest BCUT2D eigenvalue weighted by Gasteiger charge is 2.11. The molecule has 0 bridgehead atoms. The molecule has 0 aliphatic carbocycles. The largest absolute Gasteiger partial charge is 0.352 e. The topological polar surface area (TPSA) is 49.4 Å². The van der Waals surface area contributed by atoms with Gasteiger partial charge >= 0.3 is 0 Å². The van der Waals surface area contributed by atoms with Gasteiger partial charge in [0.25, 0.3) is 5.91 Å². The number of carbonyl (C=O) groups excluding carboxylic acids is 2. The Hall–Kier alpha value is -1.84. The number of nitrogens with zero attached hydrogens (tertiary/aromatic N) is 1. The van der Waals surface area contributed by atoms with Gasteiger partial charge in [0.05, 0.1) is 0 Å². The van der Waals surface area contributed by atoms with Crippen LogP contribution in [0.25, 0.3) is 0 Å². The molecule has 4 heteroatoms. The summed E-state index contributed by atoms with van der Waals surface area (Å²) >= 11 is 0. The van der Waals surface area contributed by atoms with E-state index in [1.54, 1.807) is 17.0 Å². The summed E-state index contributed by atoms with van der Waals surface area (Å²) in [5, 5.41) is 2.72. The van der Waals surface area contributed by atoms with Crippen LogP contribution in [-0.4, -0.2) is 29.8 Å². The van der Waals surface area contributed by atoms with Crippen LogP contribution in [-0.2, 0) is 11.3 Å². The molecular formula is C14H20N2O2. The van der Waals surface area contributed by atoms with Crippen molar-refractivity contribution in [2.45, 2.75) is 27.3 Å². The summed E-state index contributed by atoms with van der Waals surface area (Å²) in [6.07, 6.45) is 0. The number of hydrogen-bond acceptors (Lipinski definition) is 2. The monoisotopic (exact) mass is 248 g/mol. The van der Waals surface area contributed by atoms with E-state index >= 15 is 0 Å². The summed E-state index contributed by atoms with van der Waals surface area (Å²) < 4.78 is 0. The van der Waals surface area contributed by atoms with E-state index in [-0.39, 0.29) is 11.8 Å². The lowest BCUT2D eigenvalue weighted by Gasteiger charge is -2.18. The Morgan fingerprint density at radius 1 is 1.11 bits per heavy atom. The molecule has 0 aromatic heterocycles. The molecule has 1 aromatic rings. The zero-order valence-corrected chi connectivity index (χ0v) is 11.2. The molecule has 0 aliphatic rings. The Balaban J connectivity index is 2.70. The maximum Gasteiger partial charge on any atom is 0.253 e. The van der Waals surface area contributed by atoms with Crippen LogP contribution in [0.3, 0.4) is 0 Å². The third kappa shape index (κ3) is 3.87. The van der Waals surface area contributed by atoms with Crippen molar-refractivity contribution in [1.82, 2.24) is 10.2 Å². The maximum absolute atomic E-state index is 12.0. The summed E-state index contributed by atoms with van der Waals surface area (Å²) in [7, 11) is 0. The summed E-state index contributed by atoms with van der Waals surface area (Å²) in [6, 6.07) is 7.34. The molecule has 0 aliphatic heterocycles. The lowest BCUT2D eigenvalue weighted by atomic mass is 10.1. The highest BCUT2D eigenvalue weighted by atomic mass is 16.2. The Morgan fingerprint density at radius 2 is 1.67 bits per heavy atom. The van der Waals surface area contributed by atoms with Crippen molar-refractivity contribution in [3.8, 4) is 0 Å². The Bertz CT molecular complexity index is 408. The van der Waals surface area contributed by atoms with E-state index in [1.807, 2.05) is 26.0 Å². The fraction of sp³-hybridized carbons (Fsp3) is 0.429. The number of amides is 2. The summed E-state index contributed by atoms with van der Waals surface area (Å²) in [6.45, 7) is 7.33. The second-order valence-electron chi connectivity index (χ2n) is 4.08. The number of benzene rings is 1. The lowest BCUT2D eigenvalue weighted by Crippen LogP contribution is -2.30. The van der Waals surface area contributed by atoms with Gasteiger partial charge in [0.1, 0.15) is 0 Å². The van der Waals surface area contributed by atoms with Crippen molar-refractivity contribution < 1.29 is 9.59 Å². The van der Waals surface area contributed by atoms with Crippen molar-refractivity contribution in [2.24, 2.45) is 0 Å². The summed E-state index contributed by atoms with van der Waals surface area (Å²) in [4.78, 5) is 24.6. The Labute approximate surface area is 108 Å². The zero-order valence-electron chi connectivity index (χ0n) is 11.2. The molecule has 0 spiro atoms. The van der Waals surface area contributed by atoms with Crippen molar-refractivity contribution >= 4 is 11.8 Å². The van der Waals surface area contributed by atoms with Crippen LogP contribution < -0.4 is 5.32 Å². The van der Waals surface area contributed by atoms with Gasteiger partial charge in [-0.05, 0) is 31.5 Å². The average molecular weight is 248 g/mol. The third-order valence-corrected chi connectivity index (χ3v) is 2.79. The molecule has 0 fully saturated rings. The van der Waals surface area contributed by atoms with Crippen molar-refractivity contribution in [3.63, 3.8) is 0 Å². The number of carbonyl (C=O) groups is 2. The fourth-order valence-electron chi connectivity index (χ4n) is 1.69. The van der Waals surface area contributed by atoms with Gasteiger partial charge in [0, 0.05) is 32.1 Å². The normalized spacial score (nSPS) is 9.94. The molecule has 2 amide bonds. The van der Waals surface area contributed by atoms with Crippen molar-refractivity contribution in [2.75, 3.05) is 13.1 Å². The van der Waals surface area contributed by atoms with Crippen LogP contribution in [0, 0.1) is 0 Å². The first kappa shape index (κ1) is 14.2. The molecular weight excluding hydrogens is 228 g/mol. The minimum Gasteiger partial charge on any atom is -0.352 e. The molecule has 1 N–H and O–H groups in total. The first-order chi connectivity index (χ1) is 8.58. The molecule has 18 heavy (non-hydrogen) atoms. The number of nitrogens with one attached hydrogen (secondary N) is 1. The SMILES string of the molecule is CCN(CC)C(=O)c1ccc(CNC(C)=O)cc1. The van der Waals surface area contributed by atoms with E-state index in [2.05, 4.69) is 5.32 Å². The van der Waals surface area contributed by atoms with E-state index < -0.39 is 0 Å². The maximum atomic E-state index is 12.0. The predicted molar refractivity (Wildman–Crippen MR) is 71.2 cm³/mol. The molecule has 4 nitrogen and oxygen atoms in total. The molecule has 1 aromatic carbocycles. The molecule has 98 valence electrons. The van der Waals surface area contributed by atoms with Gasteiger partial charge in [-0.2, -0.15) is 0 Å². The van der Waals surface area contributed by atoms with Gasteiger partial charge < -0.3 is 10.2 Å². The number of hydrogen-bond donors (Lipinski definition) is 1. The zero-order chi connectivity index (χ0) is 13.5. The van der Waals surface area contributed by atoms with Crippen LogP contribution in [0.5, 0.6) is 0 Å². The van der Waals surface area contributed by atoms with E-state index in [0.717, 1.165) is 5.56 Å². The van der Waals surface area contributed by atoms with Crippen LogP contribution >= 0.6 is 0 Å². The minimum absolute atomic E-state index is 0.0473. The quantitative estimate of drug-likeness (QED) is 0.864. The van der Waals surface area contributed by atoms with Crippen molar-refractivity contribution in [3.05, 3.63) is 35.4 Å². The van der Waals surface area contributed by atoms with Crippen LogP contribution in [0.15, 0.2) is 24.3 Å². The number of rotatable bonds is 5. The molecule has 0 heterocycles. The van der Waals surface area contributed by atoms with E-state index in [1.165, 1.54) is 6.92 Å². The Morgan fingerprint density at radius 3 is 2.11 bits per heavy atom. The molecule has 0 unspecified atom stereocenters. The van der Waals surface area contributed by atoms with Gasteiger partial charge in [-0.3, -0.25) is 9.59 Å². The smallest absolute Gasteiger partial charge is 0.253 e. The van der Waals surface area contributed by atoms with Gasteiger partial charge in [0.15, 0.2) is 0 Å². The van der Waals surface area contributed by atoms with E-state index in [4.69, 9.17) is 0 Å². The van der Waals surface area contributed by atoms with Gasteiger partial charge in [-0.15, -0.1) is 0 Å². The van der Waals surface area contributed by atoms with E-state index in [0.29, 0.717) is 25.2 Å². The molecule has 0 saturated carbocycles. The minimum atomic E-state index is -0.0571. The first-order valence-electron chi connectivity index (χ1n) is 6.21. The van der Waals surface area contributed by atoms with Gasteiger partial charge in [-0.1, -0.05) is 12.1 Å². The standard InChI is InChI=1S/C14H20N2O2/c1-4-16(5-2)14(18)13-8-6-12(7-9-13)10-15-11(3)17/h6-9H,4-5,10H2,1-3H3,(H,15,17). The third-order valence-electron chi connectivity index (χ3n) is 2.79. The average Bonchev–Trinajstić information content (AvgIpc) is 2.38. The van der Waals surface area contributed by atoms with Gasteiger partial charge in [-0.25, -0.2) is 0 Å². The molecule has 0 saturated heterocycles. The highest BCUT2D eigenvalue weighted by molar-refractivity contribution is 5.94. The fourth-order valence-corrected chi connectivity index (χ4v) is 1.69. The van der Waals surface area contributed by atoms with E-state index in [9.17, 15) is 9.59 Å². The van der Waals surface area contributed by atoms with Gasteiger partial charge in [0.2, 0.25) is 5.91 Å². The molecule has 1 rings (SSSR count).